The lowest BCUT2D eigenvalue weighted by molar-refractivity contribution is -0.147. The van der Waals surface area contributed by atoms with Gasteiger partial charge in [0.1, 0.15) is 6.04 Å². The first-order valence-electron chi connectivity index (χ1n) is 16.1. The van der Waals surface area contributed by atoms with Gasteiger partial charge in [-0.1, -0.05) is 59.6 Å². The van der Waals surface area contributed by atoms with Crippen LogP contribution < -0.4 is 0 Å². The smallest absolute Gasteiger partial charge is 0.247 e. The highest BCUT2D eigenvalue weighted by molar-refractivity contribution is 8.02. The molecule has 0 aliphatic carbocycles. The van der Waals surface area contributed by atoms with Crippen molar-refractivity contribution in [3.8, 4) is 0 Å². The maximum atomic E-state index is 15.0. The molecule has 3 heterocycles. The van der Waals surface area contributed by atoms with Crippen molar-refractivity contribution in [3.63, 3.8) is 0 Å². The van der Waals surface area contributed by atoms with Gasteiger partial charge in [-0.2, -0.15) is 0 Å². The molecular formula is C34H57N3O4S. The van der Waals surface area contributed by atoms with Gasteiger partial charge in [-0.15, -0.1) is 24.9 Å². The molecule has 3 aliphatic rings. The summed E-state index contributed by atoms with van der Waals surface area (Å²) in [5.74, 6) is -0.800. The van der Waals surface area contributed by atoms with Crippen LogP contribution in [0.25, 0.3) is 0 Å². The molecule has 0 aromatic carbocycles. The Morgan fingerprint density at radius 2 is 1.71 bits per heavy atom. The average molecular weight is 604 g/mol. The molecule has 3 unspecified atom stereocenters. The van der Waals surface area contributed by atoms with Gasteiger partial charge >= 0.3 is 0 Å². The Morgan fingerprint density at radius 1 is 1.07 bits per heavy atom. The van der Waals surface area contributed by atoms with Gasteiger partial charge in [0, 0.05) is 43.6 Å². The molecular weight excluding hydrogens is 546 g/mol. The number of aliphatic hydroxyl groups excluding tert-OH is 1. The van der Waals surface area contributed by atoms with Crippen molar-refractivity contribution in [3.05, 3.63) is 25.3 Å². The zero-order chi connectivity index (χ0) is 31.5. The van der Waals surface area contributed by atoms with Crippen molar-refractivity contribution in [2.45, 2.75) is 115 Å². The Hall–Kier alpha value is -1.80. The number of aliphatic hydroxyl groups is 1. The second-order valence-corrected chi connectivity index (χ2v) is 16.1. The first kappa shape index (κ1) is 34.7. The number of carbonyl (C=O) groups is 3. The summed E-state index contributed by atoms with van der Waals surface area (Å²) >= 11 is 1.76. The minimum Gasteiger partial charge on any atom is -0.396 e. The van der Waals surface area contributed by atoms with Gasteiger partial charge in [-0.3, -0.25) is 14.4 Å². The van der Waals surface area contributed by atoms with E-state index in [1.807, 2.05) is 14.7 Å². The molecule has 6 atom stereocenters. The molecule has 8 heteroatoms. The molecule has 1 spiro atoms. The molecule has 238 valence electrons. The number of carbonyl (C=O) groups excluding carboxylic acids is 3. The molecule has 0 saturated carbocycles. The van der Waals surface area contributed by atoms with E-state index in [-0.39, 0.29) is 40.9 Å². The standard InChI is InChI=1S/C34H57N3O4S/c1-10-17-35(18-11-2)29(39)26-25-22-24(4)34(42-25)27(26)30(40)36(20-15-13-14-16-21-38)28(34)31(41)37(19-12-3)33(8,9)23-32(5,6)7/h10,12,24-28,38H,1,3,11,13-23H2,2,4-9H3/t24?,25-,26+,27+,28?,34?/m1/s1. The van der Waals surface area contributed by atoms with Gasteiger partial charge in [-0.05, 0) is 57.3 Å². The summed E-state index contributed by atoms with van der Waals surface area (Å²) in [6, 6.07) is -0.617. The van der Waals surface area contributed by atoms with E-state index in [1.165, 1.54) is 0 Å². The molecule has 3 rings (SSSR count). The van der Waals surface area contributed by atoms with Crippen LogP contribution in [0.1, 0.15) is 93.4 Å². The average Bonchev–Trinajstić information content (AvgIpc) is 3.48. The highest BCUT2D eigenvalue weighted by Gasteiger charge is 2.76. The van der Waals surface area contributed by atoms with E-state index in [9.17, 15) is 19.5 Å². The number of amides is 3. The molecule has 3 fully saturated rings. The quantitative estimate of drug-likeness (QED) is 0.185. The van der Waals surface area contributed by atoms with Crippen LogP contribution in [0.15, 0.2) is 25.3 Å². The summed E-state index contributed by atoms with van der Waals surface area (Å²) < 4.78 is -0.631. The number of hydrogen-bond donors (Lipinski definition) is 1. The van der Waals surface area contributed by atoms with Gasteiger partial charge in [-0.25, -0.2) is 0 Å². The molecule has 3 aliphatic heterocycles. The van der Waals surface area contributed by atoms with Crippen molar-refractivity contribution in [1.82, 2.24) is 14.7 Å². The number of nitrogens with zero attached hydrogens (tertiary/aromatic N) is 3. The maximum absolute atomic E-state index is 15.0. The maximum Gasteiger partial charge on any atom is 0.247 e. The topological polar surface area (TPSA) is 81.2 Å². The fourth-order valence-corrected chi connectivity index (χ4v) is 10.7. The number of fused-ring (bicyclic) bond motifs is 1. The van der Waals surface area contributed by atoms with Crippen molar-refractivity contribution in [2.75, 3.05) is 32.8 Å². The van der Waals surface area contributed by atoms with E-state index in [1.54, 1.807) is 23.9 Å². The predicted molar refractivity (Wildman–Crippen MR) is 173 cm³/mol. The number of unbranched alkanes of at least 4 members (excludes halogenated alkanes) is 3. The molecule has 3 saturated heterocycles. The Morgan fingerprint density at radius 3 is 2.29 bits per heavy atom. The summed E-state index contributed by atoms with van der Waals surface area (Å²) in [6.45, 7) is 25.1. The second-order valence-electron chi connectivity index (χ2n) is 14.6. The van der Waals surface area contributed by atoms with Crippen molar-refractivity contribution in [1.29, 1.82) is 0 Å². The van der Waals surface area contributed by atoms with Crippen LogP contribution in [0.3, 0.4) is 0 Å². The highest BCUT2D eigenvalue weighted by atomic mass is 32.2. The van der Waals surface area contributed by atoms with Crippen molar-refractivity contribution < 1.29 is 19.5 Å². The third kappa shape index (κ3) is 6.64. The Balaban J connectivity index is 2.08. The minimum atomic E-state index is -0.631. The minimum absolute atomic E-state index is 0.00116. The van der Waals surface area contributed by atoms with Crippen LogP contribution in [0, 0.1) is 23.2 Å². The fourth-order valence-electron chi connectivity index (χ4n) is 8.30. The monoisotopic (exact) mass is 603 g/mol. The lowest BCUT2D eigenvalue weighted by Crippen LogP contribution is -2.61. The third-order valence-corrected chi connectivity index (χ3v) is 11.6. The number of thioether (sulfide) groups is 1. The number of likely N-dealkylation sites (tertiary alicyclic amines) is 1. The third-order valence-electron chi connectivity index (χ3n) is 9.50. The van der Waals surface area contributed by atoms with Gasteiger partial charge in [0.15, 0.2) is 0 Å². The number of rotatable bonds is 16. The van der Waals surface area contributed by atoms with Gasteiger partial charge in [0.25, 0.3) is 0 Å². The zero-order valence-electron chi connectivity index (χ0n) is 27.4. The van der Waals surface area contributed by atoms with Crippen molar-refractivity contribution in [2.24, 2.45) is 23.2 Å². The van der Waals surface area contributed by atoms with Crippen LogP contribution in [-0.2, 0) is 14.4 Å². The van der Waals surface area contributed by atoms with E-state index >= 15 is 0 Å². The lowest BCUT2D eigenvalue weighted by atomic mass is 9.65. The summed E-state index contributed by atoms with van der Waals surface area (Å²) in [5.41, 5.74) is -0.448. The molecule has 2 bridgehead atoms. The molecule has 3 amide bonds. The molecule has 1 N–H and O–H groups in total. The van der Waals surface area contributed by atoms with Crippen LogP contribution in [-0.4, -0.2) is 91.9 Å². The van der Waals surface area contributed by atoms with E-state index in [0.29, 0.717) is 26.2 Å². The highest BCUT2D eigenvalue weighted by Crippen LogP contribution is 2.69. The summed E-state index contributed by atoms with van der Waals surface area (Å²) in [6.07, 6.45) is 9.30. The van der Waals surface area contributed by atoms with Gasteiger partial charge < -0.3 is 19.8 Å². The van der Waals surface area contributed by atoms with Crippen LogP contribution in [0.5, 0.6) is 0 Å². The second kappa shape index (κ2) is 13.9. The van der Waals surface area contributed by atoms with Crippen LogP contribution in [0.4, 0.5) is 0 Å². The SMILES string of the molecule is C=CCN(CCC)C(=O)[C@@H]1[C@H]2C(=O)N(CCCCCCO)C(C(=O)N(CC=C)C(C)(C)CC(C)(C)C)C23S[C@@H]1CC3C. The number of hydrogen-bond acceptors (Lipinski definition) is 5. The van der Waals surface area contributed by atoms with Crippen LogP contribution >= 0.6 is 11.8 Å². The zero-order valence-corrected chi connectivity index (χ0v) is 28.2. The summed E-state index contributed by atoms with van der Waals surface area (Å²) in [4.78, 5) is 49.3. The molecule has 0 radical (unpaired) electrons. The Labute approximate surface area is 259 Å². The molecule has 0 aromatic rings. The first-order chi connectivity index (χ1) is 19.7. The van der Waals surface area contributed by atoms with Gasteiger partial charge in [0.2, 0.25) is 17.7 Å². The van der Waals surface area contributed by atoms with Gasteiger partial charge in [0.05, 0.1) is 16.6 Å². The Kier molecular flexibility index (Phi) is 11.5. The molecule has 42 heavy (non-hydrogen) atoms. The normalized spacial score (nSPS) is 28.6. The van der Waals surface area contributed by atoms with E-state index in [2.05, 4.69) is 61.6 Å². The fraction of sp³-hybridized carbons (Fsp3) is 0.794. The largest absolute Gasteiger partial charge is 0.396 e. The summed E-state index contributed by atoms with van der Waals surface area (Å²) in [5, 5.41) is 9.28. The lowest BCUT2D eigenvalue weighted by Gasteiger charge is -2.47. The molecule has 0 aromatic heterocycles. The first-order valence-corrected chi connectivity index (χ1v) is 17.0. The summed E-state index contributed by atoms with van der Waals surface area (Å²) in [7, 11) is 0. The predicted octanol–water partition coefficient (Wildman–Crippen LogP) is 5.53. The Bertz CT molecular complexity index is 1010. The van der Waals surface area contributed by atoms with Crippen LogP contribution in [0.2, 0.25) is 0 Å². The van der Waals surface area contributed by atoms with Crippen molar-refractivity contribution >= 4 is 29.5 Å². The molecule has 7 nitrogen and oxygen atoms in total. The van der Waals surface area contributed by atoms with E-state index in [4.69, 9.17) is 0 Å². The van der Waals surface area contributed by atoms with E-state index < -0.39 is 28.2 Å². The van der Waals surface area contributed by atoms with E-state index in [0.717, 1.165) is 44.9 Å².